The molecule has 0 saturated carbocycles. The van der Waals surface area contributed by atoms with Crippen LogP contribution in [0, 0.1) is 6.92 Å². The van der Waals surface area contributed by atoms with E-state index in [2.05, 4.69) is 43.1 Å². The van der Waals surface area contributed by atoms with Gasteiger partial charge in [0.25, 0.3) is 0 Å². The highest BCUT2D eigenvalue weighted by Crippen LogP contribution is 2.14. The van der Waals surface area contributed by atoms with Gasteiger partial charge in [-0.3, -0.25) is 0 Å². The molecule has 1 aromatic rings. The Morgan fingerprint density at radius 1 is 1.44 bits per heavy atom. The number of nitrogens with zero attached hydrogens (tertiary/aromatic N) is 1. The van der Waals surface area contributed by atoms with Gasteiger partial charge >= 0.3 is 0 Å². The molecule has 0 heterocycles. The molecular weight excluding hydrogens is 200 g/mol. The molecule has 0 aliphatic rings. The molecule has 0 spiro atoms. The van der Waals surface area contributed by atoms with Gasteiger partial charge in [0.05, 0.1) is 6.10 Å². The number of aryl methyl sites for hydroxylation is 1. The highest BCUT2D eigenvalue weighted by molar-refractivity contribution is 5.47. The summed E-state index contributed by atoms with van der Waals surface area (Å²) in [6.07, 6.45) is 0.107. The van der Waals surface area contributed by atoms with Crippen LogP contribution in [0.15, 0.2) is 24.3 Å². The summed E-state index contributed by atoms with van der Waals surface area (Å²) in [7, 11) is 2.07. The molecule has 90 valence electrons. The Morgan fingerprint density at radius 3 is 2.75 bits per heavy atom. The number of hydrogen-bond donors (Lipinski definition) is 1. The molecule has 1 atom stereocenters. The zero-order chi connectivity index (χ0) is 12.0. The summed E-state index contributed by atoms with van der Waals surface area (Å²) in [5, 5.41) is 0. The van der Waals surface area contributed by atoms with Gasteiger partial charge in [-0.25, -0.2) is 0 Å². The van der Waals surface area contributed by atoms with E-state index in [0.29, 0.717) is 13.2 Å². The third kappa shape index (κ3) is 3.83. The van der Waals surface area contributed by atoms with E-state index in [-0.39, 0.29) is 6.10 Å². The molecule has 0 fully saturated rings. The van der Waals surface area contributed by atoms with Crippen LogP contribution in [0.25, 0.3) is 0 Å². The largest absolute Gasteiger partial charge is 0.375 e. The molecular formula is C13H22N2O. The average Bonchev–Trinajstić information content (AvgIpc) is 2.28. The highest BCUT2D eigenvalue weighted by atomic mass is 16.5. The molecule has 2 N–H and O–H groups in total. The van der Waals surface area contributed by atoms with Gasteiger partial charge in [-0.15, -0.1) is 0 Å². The van der Waals surface area contributed by atoms with E-state index in [1.165, 1.54) is 11.3 Å². The molecule has 0 aliphatic heterocycles. The lowest BCUT2D eigenvalue weighted by molar-refractivity contribution is 0.0745. The first-order valence-electron chi connectivity index (χ1n) is 5.76. The number of benzene rings is 1. The fourth-order valence-electron chi connectivity index (χ4n) is 1.71. The lowest BCUT2D eigenvalue weighted by atomic mass is 10.2. The second-order valence-electron chi connectivity index (χ2n) is 4.03. The predicted octanol–water partition coefficient (Wildman–Crippen LogP) is 1.80. The molecule has 0 radical (unpaired) electrons. The van der Waals surface area contributed by atoms with Crippen molar-refractivity contribution in [1.82, 2.24) is 0 Å². The molecule has 16 heavy (non-hydrogen) atoms. The summed E-state index contributed by atoms with van der Waals surface area (Å²) in [5.74, 6) is 0. The van der Waals surface area contributed by atoms with Gasteiger partial charge in [0.15, 0.2) is 0 Å². The minimum atomic E-state index is 0.107. The Kier molecular flexibility index (Phi) is 5.29. The van der Waals surface area contributed by atoms with Crippen LogP contribution < -0.4 is 10.6 Å². The Morgan fingerprint density at radius 2 is 2.19 bits per heavy atom. The summed E-state index contributed by atoms with van der Waals surface area (Å²) < 4.78 is 5.55. The lowest BCUT2D eigenvalue weighted by Gasteiger charge is -2.25. The number of rotatable bonds is 6. The van der Waals surface area contributed by atoms with Crippen molar-refractivity contribution in [2.75, 3.05) is 31.6 Å². The molecule has 0 bridgehead atoms. The van der Waals surface area contributed by atoms with Crippen LogP contribution in [0.1, 0.15) is 12.5 Å². The fourth-order valence-corrected chi connectivity index (χ4v) is 1.71. The van der Waals surface area contributed by atoms with Crippen LogP contribution in [-0.2, 0) is 4.74 Å². The maximum absolute atomic E-state index is 5.66. The fraction of sp³-hybridized carbons (Fsp3) is 0.538. The van der Waals surface area contributed by atoms with Crippen molar-refractivity contribution in [2.24, 2.45) is 5.73 Å². The molecule has 3 heteroatoms. The number of ether oxygens (including phenoxy) is 1. The van der Waals surface area contributed by atoms with Crippen molar-refractivity contribution in [3.05, 3.63) is 29.8 Å². The van der Waals surface area contributed by atoms with Gasteiger partial charge in [0.2, 0.25) is 0 Å². The number of hydrogen-bond acceptors (Lipinski definition) is 3. The van der Waals surface area contributed by atoms with E-state index in [1.54, 1.807) is 0 Å². The summed E-state index contributed by atoms with van der Waals surface area (Å²) >= 11 is 0. The first-order valence-corrected chi connectivity index (χ1v) is 5.76. The van der Waals surface area contributed by atoms with Crippen molar-refractivity contribution < 1.29 is 4.74 Å². The molecule has 0 saturated heterocycles. The first kappa shape index (κ1) is 13.0. The van der Waals surface area contributed by atoms with Crippen molar-refractivity contribution in [3.8, 4) is 0 Å². The van der Waals surface area contributed by atoms with Gasteiger partial charge in [0.1, 0.15) is 0 Å². The van der Waals surface area contributed by atoms with Crippen molar-refractivity contribution in [3.63, 3.8) is 0 Å². The standard InChI is InChI=1S/C13H22N2O/c1-4-16-13(9-14)10-15(3)12-7-5-6-11(2)8-12/h5-8,13H,4,9-10,14H2,1-3H3. The van der Waals surface area contributed by atoms with Gasteiger partial charge in [-0.2, -0.15) is 0 Å². The van der Waals surface area contributed by atoms with Crippen molar-refractivity contribution in [2.45, 2.75) is 20.0 Å². The van der Waals surface area contributed by atoms with Gasteiger partial charge in [-0.05, 0) is 31.5 Å². The topological polar surface area (TPSA) is 38.5 Å². The minimum Gasteiger partial charge on any atom is -0.375 e. The van der Waals surface area contributed by atoms with E-state index in [4.69, 9.17) is 10.5 Å². The Bertz CT molecular complexity index is 315. The maximum atomic E-state index is 5.66. The van der Waals surface area contributed by atoms with Crippen LogP contribution in [0.2, 0.25) is 0 Å². The minimum absolute atomic E-state index is 0.107. The first-order chi connectivity index (χ1) is 7.67. The molecule has 1 aromatic carbocycles. The summed E-state index contributed by atoms with van der Waals surface area (Å²) in [5.41, 5.74) is 8.14. The molecule has 1 rings (SSSR count). The third-order valence-electron chi connectivity index (χ3n) is 2.59. The molecule has 0 aliphatic carbocycles. The maximum Gasteiger partial charge on any atom is 0.0871 e. The van der Waals surface area contributed by atoms with E-state index in [9.17, 15) is 0 Å². The van der Waals surface area contributed by atoms with E-state index < -0.39 is 0 Å². The number of anilines is 1. The second kappa shape index (κ2) is 6.51. The summed E-state index contributed by atoms with van der Waals surface area (Å²) in [6.45, 7) is 6.19. The number of nitrogens with two attached hydrogens (primary N) is 1. The molecule has 1 unspecified atom stereocenters. The summed E-state index contributed by atoms with van der Waals surface area (Å²) in [6, 6.07) is 8.44. The van der Waals surface area contributed by atoms with Crippen LogP contribution in [-0.4, -0.2) is 32.8 Å². The van der Waals surface area contributed by atoms with Crippen LogP contribution >= 0.6 is 0 Å². The average molecular weight is 222 g/mol. The van der Waals surface area contributed by atoms with E-state index in [0.717, 1.165) is 6.54 Å². The Hall–Kier alpha value is -1.06. The smallest absolute Gasteiger partial charge is 0.0871 e. The Labute approximate surface area is 98.2 Å². The molecule has 0 aromatic heterocycles. The van der Waals surface area contributed by atoms with Crippen molar-refractivity contribution in [1.29, 1.82) is 0 Å². The van der Waals surface area contributed by atoms with Crippen LogP contribution in [0.5, 0.6) is 0 Å². The Balaban J connectivity index is 2.60. The van der Waals surface area contributed by atoms with Crippen LogP contribution in [0.3, 0.4) is 0 Å². The second-order valence-corrected chi connectivity index (χ2v) is 4.03. The van der Waals surface area contributed by atoms with Gasteiger partial charge in [-0.1, -0.05) is 12.1 Å². The zero-order valence-electron chi connectivity index (χ0n) is 10.4. The number of likely N-dealkylation sites (N-methyl/N-ethyl adjacent to an activating group) is 1. The zero-order valence-corrected chi connectivity index (χ0v) is 10.4. The SMILES string of the molecule is CCOC(CN)CN(C)c1cccc(C)c1. The van der Waals surface area contributed by atoms with E-state index in [1.807, 2.05) is 6.92 Å². The van der Waals surface area contributed by atoms with E-state index >= 15 is 0 Å². The van der Waals surface area contributed by atoms with Crippen molar-refractivity contribution >= 4 is 5.69 Å². The normalized spacial score (nSPS) is 12.5. The molecule has 0 amide bonds. The van der Waals surface area contributed by atoms with Gasteiger partial charge in [0, 0.05) is 32.4 Å². The third-order valence-corrected chi connectivity index (χ3v) is 2.59. The van der Waals surface area contributed by atoms with Gasteiger partial charge < -0.3 is 15.4 Å². The predicted molar refractivity (Wildman–Crippen MR) is 68.9 cm³/mol. The quantitative estimate of drug-likeness (QED) is 0.797. The molecule has 3 nitrogen and oxygen atoms in total. The summed E-state index contributed by atoms with van der Waals surface area (Å²) in [4.78, 5) is 2.18. The monoisotopic (exact) mass is 222 g/mol. The lowest BCUT2D eigenvalue weighted by Crippen LogP contribution is -2.36. The highest BCUT2D eigenvalue weighted by Gasteiger charge is 2.10. The van der Waals surface area contributed by atoms with Crippen LogP contribution in [0.4, 0.5) is 5.69 Å².